The summed E-state index contributed by atoms with van der Waals surface area (Å²) in [6.45, 7) is 1.16. The molecule has 0 radical (unpaired) electrons. The van der Waals surface area contributed by atoms with Gasteiger partial charge in [0.25, 0.3) is 11.8 Å². The number of benzene rings is 2. The number of carbonyl (C=O) groups excluding carboxylic acids is 1. The summed E-state index contributed by atoms with van der Waals surface area (Å²) < 4.78 is 7.16. The van der Waals surface area contributed by atoms with Crippen molar-refractivity contribution in [3.8, 4) is 23.0 Å². The van der Waals surface area contributed by atoms with Gasteiger partial charge in [0.2, 0.25) is 5.82 Å². The second-order valence-corrected chi connectivity index (χ2v) is 7.95. The maximum Gasteiger partial charge on any atom is 0.280 e. The predicted octanol–water partition coefficient (Wildman–Crippen LogP) is 3.63. The minimum absolute atomic E-state index is 0.0155. The van der Waals surface area contributed by atoms with Crippen molar-refractivity contribution in [2.24, 2.45) is 0 Å². The van der Waals surface area contributed by atoms with E-state index in [9.17, 15) is 4.79 Å². The standard InChI is InChI=1S/C24H19N7O2/c32-24(21-19-9-5-4-6-16(19)10-12-25-21)30-13-11-18(14-30)31-15-20(27-29-31)23-26-22(28-33-23)17-7-2-1-3-8-17/h1-10,12,15,18H,11,13-14H2/t18-/m1/s1. The summed E-state index contributed by atoms with van der Waals surface area (Å²) in [5.74, 6) is 0.741. The molecule has 1 aliphatic heterocycles. The summed E-state index contributed by atoms with van der Waals surface area (Å²) in [5, 5.41) is 14.4. The third kappa shape index (κ3) is 3.53. The van der Waals surface area contributed by atoms with Crippen molar-refractivity contribution in [2.45, 2.75) is 12.5 Å². The Morgan fingerprint density at radius 3 is 2.79 bits per heavy atom. The van der Waals surface area contributed by atoms with E-state index in [-0.39, 0.29) is 11.9 Å². The van der Waals surface area contributed by atoms with Crippen LogP contribution in [0.1, 0.15) is 23.0 Å². The van der Waals surface area contributed by atoms with Crippen molar-refractivity contribution in [1.82, 2.24) is 35.0 Å². The van der Waals surface area contributed by atoms with Crippen LogP contribution in [0.4, 0.5) is 0 Å². The zero-order chi connectivity index (χ0) is 22.2. The Morgan fingerprint density at radius 2 is 1.88 bits per heavy atom. The molecule has 2 aromatic carbocycles. The van der Waals surface area contributed by atoms with Gasteiger partial charge in [-0.3, -0.25) is 9.78 Å². The summed E-state index contributed by atoms with van der Waals surface area (Å²) in [6.07, 6.45) is 4.25. The highest BCUT2D eigenvalue weighted by molar-refractivity contribution is 6.05. The van der Waals surface area contributed by atoms with E-state index in [1.807, 2.05) is 65.6 Å². The molecule has 1 atom stereocenters. The van der Waals surface area contributed by atoms with E-state index in [1.54, 1.807) is 17.1 Å². The molecule has 1 amide bonds. The lowest BCUT2D eigenvalue weighted by Gasteiger charge is -2.17. The number of nitrogens with zero attached hydrogens (tertiary/aromatic N) is 7. The maximum atomic E-state index is 13.2. The molecule has 33 heavy (non-hydrogen) atoms. The van der Waals surface area contributed by atoms with Crippen molar-refractivity contribution in [2.75, 3.05) is 13.1 Å². The van der Waals surface area contributed by atoms with Gasteiger partial charge in [0.05, 0.1) is 12.2 Å². The highest BCUT2D eigenvalue weighted by atomic mass is 16.5. The van der Waals surface area contributed by atoms with Gasteiger partial charge in [-0.25, -0.2) is 4.68 Å². The van der Waals surface area contributed by atoms with Crippen LogP contribution in [0.3, 0.4) is 0 Å². The van der Waals surface area contributed by atoms with E-state index in [2.05, 4.69) is 25.4 Å². The fraction of sp³-hybridized carbons (Fsp3) is 0.167. The molecule has 6 rings (SSSR count). The number of hydrogen-bond acceptors (Lipinski definition) is 7. The third-order valence-corrected chi connectivity index (χ3v) is 5.89. The van der Waals surface area contributed by atoms with Crippen LogP contribution in [0.25, 0.3) is 33.7 Å². The minimum atomic E-state index is -0.0703. The van der Waals surface area contributed by atoms with Crippen LogP contribution >= 0.6 is 0 Å². The number of pyridine rings is 1. The lowest BCUT2D eigenvalue weighted by atomic mass is 10.1. The summed E-state index contributed by atoms with van der Waals surface area (Å²) in [6, 6.07) is 19.3. The zero-order valence-electron chi connectivity index (χ0n) is 17.6. The monoisotopic (exact) mass is 437 g/mol. The average Bonchev–Trinajstić information content (AvgIpc) is 3.64. The van der Waals surface area contributed by atoms with Gasteiger partial charge in [-0.1, -0.05) is 65.0 Å². The second-order valence-electron chi connectivity index (χ2n) is 7.95. The van der Waals surface area contributed by atoms with E-state index in [0.717, 1.165) is 22.8 Å². The van der Waals surface area contributed by atoms with Crippen molar-refractivity contribution in [1.29, 1.82) is 0 Å². The number of carbonyl (C=O) groups is 1. The maximum absolute atomic E-state index is 13.2. The summed E-state index contributed by atoms with van der Waals surface area (Å²) in [5.41, 5.74) is 1.85. The van der Waals surface area contributed by atoms with Crippen molar-refractivity contribution in [3.05, 3.63) is 78.8 Å². The molecule has 1 saturated heterocycles. The van der Waals surface area contributed by atoms with Gasteiger partial charge < -0.3 is 9.42 Å². The molecule has 4 heterocycles. The molecule has 0 bridgehead atoms. The smallest absolute Gasteiger partial charge is 0.280 e. The third-order valence-electron chi connectivity index (χ3n) is 5.89. The van der Waals surface area contributed by atoms with E-state index in [1.165, 1.54) is 0 Å². The number of amides is 1. The van der Waals surface area contributed by atoms with Gasteiger partial charge in [0, 0.05) is 30.2 Å². The molecule has 1 fully saturated rings. The van der Waals surface area contributed by atoms with E-state index < -0.39 is 0 Å². The number of rotatable bonds is 4. The van der Waals surface area contributed by atoms with Gasteiger partial charge in [-0.2, -0.15) is 4.98 Å². The molecule has 9 heteroatoms. The van der Waals surface area contributed by atoms with Crippen LogP contribution in [0.2, 0.25) is 0 Å². The highest BCUT2D eigenvalue weighted by Gasteiger charge is 2.30. The Labute approximate surface area is 188 Å². The molecule has 162 valence electrons. The summed E-state index contributed by atoms with van der Waals surface area (Å²) >= 11 is 0. The molecule has 3 aromatic heterocycles. The quantitative estimate of drug-likeness (QED) is 0.423. The molecule has 0 aliphatic carbocycles. The van der Waals surface area contributed by atoms with E-state index in [0.29, 0.717) is 36.2 Å². The van der Waals surface area contributed by atoms with Gasteiger partial charge in [-0.15, -0.1) is 5.10 Å². The first-order valence-corrected chi connectivity index (χ1v) is 10.7. The number of hydrogen-bond donors (Lipinski definition) is 0. The van der Waals surface area contributed by atoms with Crippen molar-refractivity contribution >= 4 is 16.7 Å². The molecule has 0 spiro atoms. The molecule has 0 saturated carbocycles. The fourth-order valence-corrected chi connectivity index (χ4v) is 4.17. The van der Waals surface area contributed by atoms with Gasteiger partial charge in [-0.05, 0) is 17.9 Å². The molecule has 9 nitrogen and oxygen atoms in total. The average molecular weight is 437 g/mol. The van der Waals surface area contributed by atoms with E-state index in [4.69, 9.17) is 4.52 Å². The van der Waals surface area contributed by atoms with Gasteiger partial charge >= 0.3 is 0 Å². The molecule has 1 aliphatic rings. The lowest BCUT2D eigenvalue weighted by Crippen LogP contribution is -2.30. The highest BCUT2D eigenvalue weighted by Crippen LogP contribution is 2.26. The predicted molar refractivity (Wildman–Crippen MR) is 120 cm³/mol. The molecule has 5 aromatic rings. The summed E-state index contributed by atoms with van der Waals surface area (Å²) in [4.78, 5) is 23.8. The topological polar surface area (TPSA) is 103 Å². The minimum Gasteiger partial charge on any atom is -0.335 e. The summed E-state index contributed by atoms with van der Waals surface area (Å²) in [7, 11) is 0. The first-order chi connectivity index (χ1) is 16.3. The van der Waals surface area contributed by atoms with Crippen LogP contribution < -0.4 is 0 Å². The first-order valence-electron chi connectivity index (χ1n) is 10.7. The normalized spacial score (nSPS) is 15.9. The molecular formula is C24H19N7O2. The Balaban J connectivity index is 1.19. The Kier molecular flexibility index (Phi) is 4.64. The van der Waals surface area contributed by atoms with E-state index >= 15 is 0 Å². The first kappa shape index (κ1) is 19.3. The van der Waals surface area contributed by atoms with Gasteiger partial charge in [0.15, 0.2) is 5.69 Å². The fourth-order valence-electron chi connectivity index (χ4n) is 4.17. The van der Waals surface area contributed by atoms with Crippen LogP contribution in [-0.4, -0.2) is 54.0 Å². The van der Waals surface area contributed by atoms with Gasteiger partial charge in [0.1, 0.15) is 5.69 Å². The lowest BCUT2D eigenvalue weighted by molar-refractivity contribution is 0.0783. The van der Waals surface area contributed by atoms with Crippen LogP contribution in [0.5, 0.6) is 0 Å². The Morgan fingerprint density at radius 1 is 1.03 bits per heavy atom. The van der Waals surface area contributed by atoms with Crippen molar-refractivity contribution < 1.29 is 9.32 Å². The molecular weight excluding hydrogens is 418 g/mol. The number of likely N-dealkylation sites (tertiary alicyclic amines) is 1. The number of aromatic nitrogens is 6. The van der Waals surface area contributed by atoms with Crippen LogP contribution in [0.15, 0.2) is 77.6 Å². The SMILES string of the molecule is O=C(c1nccc2ccccc12)N1CC[C@@H](n2cc(-c3nc(-c4ccccc4)no3)nn2)C1. The van der Waals surface area contributed by atoms with Crippen molar-refractivity contribution in [3.63, 3.8) is 0 Å². The largest absolute Gasteiger partial charge is 0.335 e. The Hall–Kier alpha value is -4.40. The Bertz CT molecular complexity index is 1440. The van der Waals surface area contributed by atoms with Crippen LogP contribution in [-0.2, 0) is 0 Å². The second kappa shape index (κ2) is 7.94. The molecule has 0 unspecified atom stereocenters. The molecule has 0 N–H and O–H groups in total. The van der Waals surface area contributed by atoms with Crippen LogP contribution in [0, 0.1) is 0 Å². The number of fused-ring (bicyclic) bond motifs is 1. The zero-order valence-corrected chi connectivity index (χ0v) is 17.6.